The molecule has 0 fully saturated rings. The summed E-state index contributed by atoms with van der Waals surface area (Å²) in [6.45, 7) is 15.2. The molecule has 0 saturated carbocycles. The van der Waals surface area contributed by atoms with Crippen LogP contribution < -0.4 is 29.9 Å². The number of carbonyl (C=O) groups is 4. The van der Waals surface area contributed by atoms with E-state index in [4.69, 9.17) is 40.2 Å². The maximum atomic E-state index is 12.6. The summed E-state index contributed by atoms with van der Waals surface area (Å²) in [6.07, 6.45) is 3.38. The third-order valence-electron chi connectivity index (χ3n) is 8.21. The van der Waals surface area contributed by atoms with Crippen LogP contribution in [0.1, 0.15) is 56.8 Å². The molecular weight excluding hydrogens is 853 g/mol. The van der Waals surface area contributed by atoms with Gasteiger partial charge >= 0.3 is 46.7 Å². The summed E-state index contributed by atoms with van der Waals surface area (Å²) in [7, 11) is 0. The maximum Gasteiger partial charge on any atom is 0.347 e. The Hall–Kier alpha value is -7.58. The highest BCUT2D eigenvalue weighted by atomic mass is 32.1. The average Bonchev–Trinajstić information content (AvgIpc) is 3.23. The van der Waals surface area contributed by atoms with Crippen molar-refractivity contribution in [3.05, 3.63) is 118 Å². The van der Waals surface area contributed by atoms with Gasteiger partial charge in [0.25, 0.3) is 5.91 Å². The number of carboxylic acids is 1. The lowest BCUT2D eigenvalue weighted by atomic mass is 10.0. The Bertz CT molecular complexity index is 2620. The van der Waals surface area contributed by atoms with E-state index in [1.807, 2.05) is 44.2 Å². The number of esters is 2. The fourth-order valence-corrected chi connectivity index (χ4v) is 5.49. The summed E-state index contributed by atoms with van der Waals surface area (Å²) >= 11 is -1.50. The molecule has 0 radical (unpaired) electrons. The molecule has 5 aromatic rings. The van der Waals surface area contributed by atoms with Gasteiger partial charge in [-0.15, -0.1) is 0 Å². The molecule has 0 bridgehead atoms. The summed E-state index contributed by atoms with van der Waals surface area (Å²) in [5.74, 6) is -0.515. The number of rotatable bonds is 6. The van der Waals surface area contributed by atoms with Gasteiger partial charge in [-0.1, -0.05) is 49.6 Å². The zero-order valence-electron chi connectivity index (χ0n) is 33.5. The van der Waals surface area contributed by atoms with E-state index < -0.39 is 52.6 Å². The van der Waals surface area contributed by atoms with Crippen LogP contribution in [0.5, 0.6) is 23.0 Å². The van der Waals surface area contributed by atoms with Crippen molar-refractivity contribution >= 4 is 75.7 Å². The van der Waals surface area contributed by atoms with E-state index in [0.29, 0.717) is 65.9 Å². The molecular formula is C42H38N2O16S2. The van der Waals surface area contributed by atoms with Crippen LogP contribution in [0.3, 0.4) is 0 Å². The first-order valence-electron chi connectivity index (χ1n) is 17.8. The van der Waals surface area contributed by atoms with Gasteiger partial charge in [-0.3, -0.25) is 14.4 Å². The van der Waals surface area contributed by atoms with Gasteiger partial charge in [0, 0.05) is 49.2 Å². The minimum atomic E-state index is -1.16. The predicted molar refractivity (Wildman–Crippen MR) is 225 cm³/mol. The molecule has 0 unspecified atom stereocenters. The number of aromatic nitrogens is 1. The minimum Gasteiger partial charge on any atom is -0.486 e. The summed E-state index contributed by atoms with van der Waals surface area (Å²) < 4.78 is 64.5. The Morgan fingerprint density at radius 1 is 0.710 bits per heavy atom. The third-order valence-corrected chi connectivity index (χ3v) is 8.21. The van der Waals surface area contributed by atoms with E-state index in [0.717, 1.165) is 27.8 Å². The Kier molecular flexibility index (Phi) is 18.8. The number of benzene rings is 4. The van der Waals surface area contributed by atoms with Crippen LogP contribution in [0.25, 0.3) is 34.5 Å². The van der Waals surface area contributed by atoms with Crippen molar-refractivity contribution in [2.75, 3.05) is 31.7 Å². The molecule has 62 heavy (non-hydrogen) atoms. The highest BCUT2D eigenvalue weighted by Crippen LogP contribution is 2.36. The van der Waals surface area contributed by atoms with Crippen LogP contribution >= 0.6 is 0 Å². The second-order valence-electron chi connectivity index (χ2n) is 12.4. The number of anilines is 1. The topological polar surface area (TPSA) is 258 Å². The van der Waals surface area contributed by atoms with E-state index in [9.17, 15) is 29.1 Å². The molecule has 2 N–H and O–H groups in total. The van der Waals surface area contributed by atoms with Crippen molar-refractivity contribution < 1.29 is 69.2 Å². The van der Waals surface area contributed by atoms with E-state index in [1.165, 1.54) is 26.0 Å². The number of amides is 1. The molecule has 1 aromatic heterocycles. The standard InChI is InChI=1S/C19H17NO5.C19H15NO4.C4H6O3.2O2S/c1-3-12-5-4-11(2)13(8-12)18(21)20-15-10-17-16(24-6-7-25-17)9-14(15)19(22)23;1-3-12-5-4-11(2)13(8-12)18-20-15-10-17-16(22-6-7-23-17)9-14(15)19(21)24-18;1-3(5)7-4(2)6;2*1-3-2/h3-5,8-10H,1,6-7H2,2H3,(H,20,21)(H,22,23);3-5,8-10H,1,6-7H2,2H3;1-2H3;;. The number of carbonyl (C=O) groups excluding carboxylic acids is 3. The first-order valence-corrected chi connectivity index (χ1v) is 19.2. The van der Waals surface area contributed by atoms with Gasteiger partial charge in [0.15, 0.2) is 23.0 Å². The molecule has 18 nitrogen and oxygen atoms in total. The molecule has 1 amide bonds. The highest BCUT2D eigenvalue weighted by molar-refractivity contribution is 7.51. The number of nitrogens with zero attached hydrogens (tertiary/aromatic N) is 1. The Labute approximate surface area is 360 Å². The summed E-state index contributed by atoms with van der Waals surface area (Å²) in [5, 5.41) is 12.5. The van der Waals surface area contributed by atoms with Crippen LogP contribution in [0, 0.1) is 13.8 Å². The van der Waals surface area contributed by atoms with Crippen molar-refractivity contribution in [1.29, 1.82) is 0 Å². The Morgan fingerprint density at radius 3 is 1.69 bits per heavy atom. The smallest absolute Gasteiger partial charge is 0.347 e. The van der Waals surface area contributed by atoms with Crippen molar-refractivity contribution in [1.82, 2.24) is 4.98 Å². The van der Waals surface area contributed by atoms with Crippen molar-refractivity contribution in [3.63, 3.8) is 0 Å². The van der Waals surface area contributed by atoms with E-state index in [1.54, 1.807) is 30.4 Å². The number of aromatic carboxylic acids is 1. The lowest BCUT2D eigenvalue weighted by Crippen LogP contribution is -2.19. The molecule has 0 saturated heterocycles. The lowest BCUT2D eigenvalue weighted by Gasteiger charge is -2.20. The van der Waals surface area contributed by atoms with Crippen LogP contribution in [0.4, 0.5) is 5.69 Å². The fourth-order valence-electron chi connectivity index (χ4n) is 5.49. The number of hydrogen-bond acceptors (Lipinski definition) is 16. The van der Waals surface area contributed by atoms with Crippen LogP contribution in [0.2, 0.25) is 0 Å². The molecule has 2 aliphatic heterocycles. The van der Waals surface area contributed by atoms with Gasteiger partial charge in [0.1, 0.15) is 26.4 Å². The largest absolute Gasteiger partial charge is 0.486 e. The van der Waals surface area contributed by atoms with Gasteiger partial charge in [-0.2, -0.15) is 16.8 Å². The number of fused-ring (bicyclic) bond motifs is 3. The Morgan fingerprint density at radius 2 is 1.19 bits per heavy atom. The minimum absolute atomic E-state index is 0.0601. The van der Waals surface area contributed by atoms with Crippen LogP contribution in [-0.2, 0) is 37.5 Å². The molecule has 4 aromatic carbocycles. The lowest BCUT2D eigenvalue weighted by molar-refractivity contribution is -0.156. The average molecular weight is 891 g/mol. The highest BCUT2D eigenvalue weighted by Gasteiger charge is 2.22. The first-order chi connectivity index (χ1) is 29.6. The zero-order valence-corrected chi connectivity index (χ0v) is 35.1. The number of nitrogens with one attached hydrogen (secondary N) is 1. The second kappa shape index (κ2) is 23.9. The van der Waals surface area contributed by atoms with E-state index in [2.05, 4.69) is 28.2 Å². The number of carboxylic acid groups (broad SMARTS) is 1. The summed E-state index contributed by atoms with van der Waals surface area (Å²) in [6, 6.07) is 17.3. The zero-order chi connectivity index (χ0) is 45.9. The first kappa shape index (κ1) is 48.8. The van der Waals surface area contributed by atoms with Gasteiger partial charge in [0.2, 0.25) is 5.89 Å². The molecule has 0 spiro atoms. The molecule has 20 heteroatoms. The number of hydrogen-bond donors (Lipinski definition) is 2. The maximum absolute atomic E-state index is 12.6. The van der Waals surface area contributed by atoms with Gasteiger partial charge in [-0.25, -0.2) is 14.6 Å². The molecule has 0 atom stereocenters. The molecule has 2 aliphatic rings. The Balaban J connectivity index is 0.000000259. The SMILES string of the molecule is C=Cc1ccc(C)c(-c2nc3cc4c(cc3c(=O)o2)OCCO4)c1.C=Cc1ccc(C)c(C(=O)Nc2cc3c(cc2C(=O)O)OCCO3)c1.CC(=O)OC(C)=O.O=S=O.O=S=O. The van der Waals surface area contributed by atoms with Gasteiger partial charge in [-0.05, 0) is 48.2 Å². The fraction of sp³-hybridized carbons (Fsp3) is 0.190. The molecule has 0 aliphatic carbocycles. The molecule has 7 rings (SSSR count). The van der Waals surface area contributed by atoms with Crippen LogP contribution in [-0.4, -0.2) is 77.2 Å². The van der Waals surface area contributed by atoms with Crippen molar-refractivity contribution in [3.8, 4) is 34.5 Å². The molecule has 324 valence electrons. The van der Waals surface area contributed by atoms with E-state index >= 15 is 0 Å². The second-order valence-corrected chi connectivity index (χ2v) is 12.7. The van der Waals surface area contributed by atoms with Crippen LogP contribution in [0.15, 0.2) is 83.0 Å². The number of aryl methyl sites for hydroxylation is 2. The predicted octanol–water partition coefficient (Wildman–Crippen LogP) is 5.69. The van der Waals surface area contributed by atoms with Gasteiger partial charge in [0.05, 0.1) is 22.2 Å². The number of ether oxygens (including phenoxy) is 5. The monoisotopic (exact) mass is 890 g/mol. The molecule has 3 heterocycles. The van der Waals surface area contributed by atoms with Gasteiger partial charge < -0.3 is 38.5 Å². The summed E-state index contributed by atoms with van der Waals surface area (Å²) in [4.78, 5) is 60.7. The van der Waals surface area contributed by atoms with Crippen molar-refractivity contribution in [2.45, 2.75) is 27.7 Å². The van der Waals surface area contributed by atoms with Crippen molar-refractivity contribution in [2.24, 2.45) is 0 Å². The normalized spacial score (nSPS) is 11.3. The summed E-state index contributed by atoms with van der Waals surface area (Å²) in [5.41, 5.74) is 4.86. The van der Waals surface area contributed by atoms with E-state index in [-0.39, 0.29) is 17.1 Å². The quantitative estimate of drug-likeness (QED) is 0.153. The third kappa shape index (κ3) is 13.7.